The van der Waals surface area contributed by atoms with Gasteiger partial charge in [-0.2, -0.15) is 0 Å². The minimum atomic E-state index is -0.364. The molecule has 2 aromatic carbocycles. The molecule has 2 aromatic rings. The molecule has 2 rings (SSSR count). The molecule has 0 aliphatic rings. The number of halogens is 1. The number of carbonyl (C=O) groups is 1. The number of rotatable bonds is 5. The molecule has 0 bridgehead atoms. The van der Waals surface area contributed by atoms with Crippen LogP contribution in [0, 0.1) is 12.7 Å². The summed E-state index contributed by atoms with van der Waals surface area (Å²) in [7, 11) is 3.90. The summed E-state index contributed by atoms with van der Waals surface area (Å²) in [6, 6.07) is 14.2. The van der Waals surface area contributed by atoms with Gasteiger partial charge in [-0.3, -0.25) is 4.79 Å². The first-order chi connectivity index (χ1) is 10.5. The van der Waals surface area contributed by atoms with Crippen molar-refractivity contribution in [2.24, 2.45) is 0 Å². The van der Waals surface area contributed by atoms with E-state index in [4.69, 9.17) is 0 Å². The van der Waals surface area contributed by atoms with E-state index in [1.54, 1.807) is 19.1 Å². The van der Waals surface area contributed by atoms with Crippen LogP contribution in [0.1, 0.15) is 27.5 Å². The van der Waals surface area contributed by atoms with Crippen molar-refractivity contribution in [2.45, 2.75) is 13.0 Å². The van der Waals surface area contributed by atoms with E-state index in [2.05, 4.69) is 5.32 Å². The summed E-state index contributed by atoms with van der Waals surface area (Å²) in [6.45, 7) is 2.35. The molecule has 0 aliphatic carbocycles. The van der Waals surface area contributed by atoms with Crippen LogP contribution in [-0.4, -0.2) is 31.4 Å². The normalized spacial score (nSPS) is 12.2. The number of nitrogens with one attached hydrogen (secondary N) is 1. The maximum Gasteiger partial charge on any atom is 0.251 e. The second-order valence-electron chi connectivity index (χ2n) is 5.66. The first-order valence-corrected chi connectivity index (χ1v) is 7.24. The summed E-state index contributed by atoms with van der Waals surface area (Å²) in [5.74, 6) is -0.633. The first kappa shape index (κ1) is 16.2. The fourth-order valence-corrected chi connectivity index (χ4v) is 2.26. The second kappa shape index (κ2) is 7.18. The minimum absolute atomic E-state index is 0.145. The number of carbonyl (C=O) groups excluding carboxylic acids is 1. The zero-order valence-electron chi connectivity index (χ0n) is 13.1. The zero-order valence-corrected chi connectivity index (χ0v) is 13.1. The van der Waals surface area contributed by atoms with Crippen LogP contribution in [0.4, 0.5) is 4.39 Å². The van der Waals surface area contributed by atoms with Crippen molar-refractivity contribution in [3.8, 4) is 0 Å². The number of amides is 1. The summed E-state index contributed by atoms with van der Waals surface area (Å²) in [4.78, 5) is 14.4. The maximum absolute atomic E-state index is 13.6. The lowest BCUT2D eigenvalue weighted by atomic mass is 10.1. The molecule has 3 nitrogen and oxygen atoms in total. The molecule has 0 aromatic heterocycles. The topological polar surface area (TPSA) is 32.3 Å². The summed E-state index contributed by atoms with van der Waals surface area (Å²) < 4.78 is 13.6. The maximum atomic E-state index is 13.6. The highest BCUT2D eigenvalue weighted by Gasteiger charge is 2.17. The molecule has 116 valence electrons. The zero-order chi connectivity index (χ0) is 16.1. The lowest BCUT2D eigenvalue weighted by Gasteiger charge is -2.23. The molecule has 1 N–H and O–H groups in total. The lowest BCUT2D eigenvalue weighted by molar-refractivity contribution is 0.0929. The number of aryl methyl sites for hydroxylation is 1. The Morgan fingerprint density at radius 1 is 1.18 bits per heavy atom. The van der Waals surface area contributed by atoms with Gasteiger partial charge in [0.1, 0.15) is 5.82 Å². The Morgan fingerprint density at radius 2 is 1.86 bits per heavy atom. The Kier molecular flexibility index (Phi) is 5.28. The van der Waals surface area contributed by atoms with Gasteiger partial charge >= 0.3 is 0 Å². The fourth-order valence-electron chi connectivity index (χ4n) is 2.26. The Morgan fingerprint density at radius 3 is 2.45 bits per heavy atom. The minimum Gasteiger partial charge on any atom is -0.344 e. The van der Waals surface area contributed by atoms with Crippen LogP contribution < -0.4 is 5.32 Å². The van der Waals surface area contributed by atoms with Gasteiger partial charge in [0.25, 0.3) is 5.91 Å². The molecule has 0 saturated heterocycles. The van der Waals surface area contributed by atoms with E-state index in [0.29, 0.717) is 17.7 Å². The molecule has 1 amide bonds. The Hall–Kier alpha value is -2.20. The van der Waals surface area contributed by atoms with Crippen molar-refractivity contribution >= 4 is 5.91 Å². The Labute approximate surface area is 130 Å². The molecular weight excluding hydrogens is 279 g/mol. The number of hydrogen-bond acceptors (Lipinski definition) is 2. The molecule has 0 aliphatic heterocycles. The second-order valence-corrected chi connectivity index (χ2v) is 5.66. The van der Waals surface area contributed by atoms with Gasteiger partial charge in [-0.05, 0) is 44.3 Å². The summed E-state index contributed by atoms with van der Waals surface area (Å²) in [5.41, 5.74) is 1.89. The van der Waals surface area contributed by atoms with Crippen molar-refractivity contribution in [3.05, 3.63) is 71.0 Å². The van der Waals surface area contributed by atoms with Crippen molar-refractivity contribution in [2.75, 3.05) is 20.6 Å². The van der Waals surface area contributed by atoms with Gasteiger partial charge in [-0.15, -0.1) is 0 Å². The standard InChI is InChI=1S/C18H21FN2O/c1-13-9-10-15(11-16(13)19)18(22)20-17(12-21(2)3)14-7-5-4-6-8-14/h4-11,17H,12H2,1-3H3,(H,20,22)/t17-/m0/s1. The summed E-state index contributed by atoms with van der Waals surface area (Å²) in [6.07, 6.45) is 0. The highest BCUT2D eigenvalue weighted by molar-refractivity contribution is 5.94. The average molecular weight is 300 g/mol. The first-order valence-electron chi connectivity index (χ1n) is 7.24. The molecule has 0 spiro atoms. The Balaban J connectivity index is 2.19. The molecule has 22 heavy (non-hydrogen) atoms. The fraction of sp³-hybridized carbons (Fsp3) is 0.278. The van der Waals surface area contributed by atoms with E-state index in [-0.39, 0.29) is 17.8 Å². The summed E-state index contributed by atoms with van der Waals surface area (Å²) >= 11 is 0. The molecule has 0 radical (unpaired) electrons. The molecule has 0 heterocycles. The van der Waals surface area contributed by atoms with Crippen LogP contribution in [0.15, 0.2) is 48.5 Å². The third-order valence-electron chi connectivity index (χ3n) is 3.49. The van der Waals surface area contributed by atoms with Crippen molar-refractivity contribution in [1.82, 2.24) is 10.2 Å². The average Bonchev–Trinajstić information content (AvgIpc) is 2.49. The van der Waals surface area contributed by atoms with Crippen molar-refractivity contribution < 1.29 is 9.18 Å². The van der Waals surface area contributed by atoms with Gasteiger partial charge in [-0.25, -0.2) is 4.39 Å². The van der Waals surface area contributed by atoms with E-state index < -0.39 is 0 Å². The molecule has 0 fully saturated rings. The molecule has 0 unspecified atom stereocenters. The van der Waals surface area contributed by atoms with E-state index in [0.717, 1.165) is 5.56 Å². The van der Waals surface area contributed by atoms with Crippen LogP contribution in [0.3, 0.4) is 0 Å². The van der Waals surface area contributed by atoms with Gasteiger partial charge in [0.05, 0.1) is 6.04 Å². The predicted octanol–water partition coefficient (Wildman–Crippen LogP) is 3.17. The largest absolute Gasteiger partial charge is 0.344 e. The number of hydrogen-bond donors (Lipinski definition) is 1. The lowest BCUT2D eigenvalue weighted by Crippen LogP contribution is -2.35. The van der Waals surface area contributed by atoms with Crippen LogP contribution in [0.25, 0.3) is 0 Å². The van der Waals surface area contributed by atoms with Gasteiger partial charge < -0.3 is 10.2 Å². The highest BCUT2D eigenvalue weighted by Crippen LogP contribution is 2.15. The van der Waals surface area contributed by atoms with Crippen molar-refractivity contribution in [1.29, 1.82) is 0 Å². The highest BCUT2D eigenvalue weighted by atomic mass is 19.1. The van der Waals surface area contributed by atoms with Crippen LogP contribution in [-0.2, 0) is 0 Å². The number of nitrogens with zero attached hydrogens (tertiary/aromatic N) is 1. The van der Waals surface area contributed by atoms with Gasteiger partial charge in [0.15, 0.2) is 0 Å². The molecule has 1 atom stereocenters. The predicted molar refractivity (Wildman–Crippen MR) is 86.3 cm³/mol. The monoisotopic (exact) mass is 300 g/mol. The molecule has 0 saturated carbocycles. The van der Waals surface area contributed by atoms with Crippen molar-refractivity contribution in [3.63, 3.8) is 0 Å². The SMILES string of the molecule is Cc1ccc(C(=O)N[C@@H](CN(C)C)c2ccccc2)cc1F. The van der Waals surface area contributed by atoms with E-state index >= 15 is 0 Å². The smallest absolute Gasteiger partial charge is 0.251 e. The number of likely N-dealkylation sites (N-methyl/N-ethyl adjacent to an activating group) is 1. The molecular formula is C18H21FN2O. The summed E-state index contributed by atoms with van der Waals surface area (Å²) in [5, 5.41) is 2.98. The number of benzene rings is 2. The van der Waals surface area contributed by atoms with Crippen LogP contribution >= 0.6 is 0 Å². The van der Waals surface area contributed by atoms with Gasteiger partial charge in [0.2, 0.25) is 0 Å². The third-order valence-corrected chi connectivity index (χ3v) is 3.49. The Bertz CT molecular complexity index is 641. The van der Waals surface area contributed by atoms with Gasteiger partial charge in [-0.1, -0.05) is 36.4 Å². The van der Waals surface area contributed by atoms with E-state index in [1.807, 2.05) is 49.3 Å². The van der Waals surface area contributed by atoms with Gasteiger partial charge in [0, 0.05) is 12.1 Å². The van der Waals surface area contributed by atoms with E-state index in [1.165, 1.54) is 6.07 Å². The third kappa shape index (κ3) is 4.15. The quantitative estimate of drug-likeness (QED) is 0.920. The van der Waals surface area contributed by atoms with Crippen LogP contribution in [0.5, 0.6) is 0 Å². The van der Waals surface area contributed by atoms with Crippen LogP contribution in [0.2, 0.25) is 0 Å². The molecule has 4 heteroatoms. The van der Waals surface area contributed by atoms with E-state index in [9.17, 15) is 9.18 Å².